The van der Waals surface area contributed by atoms with Crippen molar-refractivity contribution >= 4 is 27.2 Å². The van der Waals surface area contributed by atoms with E-state index in [4.69, 9.17) is 5.73 Å². The van der Waals surface area contributed by atoms with Crippen LogP contribution in [0.2, 0.25) is 0 Å². The van der Waals surface area contributed by atoms with E-state index < -0.39 is 15.6 Å². The van der Waals surface area contributed by atoms with Crippen LogP contribution in [-0.2, 0) is 10.0 Å². The second-order valence-electron chi connectivity index (χ2n) is 5.29. The third-order valence-corrected chi connectivity index (χ3v) is 5.10. The van der Waals surface area contributed by atoms with E-state index in [0.29, 0.717) is 9.77 Å². The lowest BCUT2D eigenvalue weighted by Crippen LogP contribution is -2.18. The fourth-order valence-electron chi connectivity index (χ4n) is 2.12. The van der Waals surface area contributed by atoms with Gasteiger partial charge in [-0.1, -0.05) is 35.9 Å². The Morgan fingerprint density at radius 1 is 1.00 bits per heavy atom. The number of aryl methyl sites for hydroxylation is 1. The molecule has 0 radical (unpaired) electrons. The third-order valence-electron chi connectivity index (χ3n) is 3.46. The molecule has 3 aromatic rings. The summed E-state index contributed by atoms with van der Waals surface area (Å²) in [5, 5.41) is 9.92. The maximum absolute atomic E-state index is 12.6. The van der Waals surface area contributed by atoms with Crippen LogP contribution in [0.15, 0.2) is 74.5 Å². The van der Waals surface area contributed by atoms with Crippen molar-refractivity contribution in [2.24, 2.45) is 10.2 Å². The summed E-state index contributed by atoms with van der Waals surface area (Å²) in [6, 6.07) is 14.8. The number of nitrogens with two attached hydrogens (primary N) is 1. The fourth-order valence-corrected chi connectivity index (χ4v) is 3.38. The number of rotatable bonds is 4. The van der Waals surface area contributed by atoms with Gasteiger partial charge in [-0.3, -0.25) is 4.79 Å². The van der Waals surface area contributed by atoms with Crippen molar-refractivity contribution < 1.29 is 8.42 Å². The molecule has 0 atom stereocenters. The molecule has 0 amide bonds. The van der Waals surface area contributed by atoms with Gasteiger partial charge in [0.2, 0.25) is 0 Å². The SMILES string of the molecule is Cc1ccc(N=Nc2c(N)n(S(=O)(=O)c3ccccc3)[nH]c2=O)cc1. The van der Waals surface area contributed by atoms with E-state index in [1.807, 2.05) is 19.1 Å². The summed E-state index contributed by atoms with van der Waals surface area (Å²) in [6.07, 6.45) is 0. The van der Waals surface area contributed by atoms with Crippen molar-refractivity contribution in [2.75, 3.05) is 5.73 Å². The zero-order chi connectivity index (χ0) is 18.0. The summed E-state index contributed by atoms with van der Waals surface area (Å²) in [7, 11) is -4.03. The van der Waals surface area contributed by atoms with E-state index >= 15 is 0 Å². The Bertz CT molecular complexity index is 1080. The van der Waals surface area contributed by atoms with Crippen molar-refractivity contribution in [1.29, 1.82) is 0 Å². The average molecular weight is 357 g/mol. The molecule has 8 nitrogen and oxygen atoms in total. The highest BCUT2D eigenvalue weighted by Crippen LogP contribution is 2.24. The number of benzene rings is 2. The summed E-state index contributed by atoms with van der Waals surface area (Å²) in [6.45, 7) is 1.93. The van der Waals surface area contributed by atoms with E-state index in [0.717, 1.165) is 5.56 Å². The zero-order valence-corrected chi connectivity index (χ0v) is 14.1. The van der Waals surface area contributed by atoms with Gasteiger partial charge >= 0.3 is 0 Å². The Morgan fingerprint density at radius 3 is 2.28 bits per heavy atom. The molecular weight excluding hydrogens is 342 g/mol. The topological polar surface area (TPSA) is 123 Å². The number of aromatic amines is 1. The molecule has 0 aliphatic carbocycles. The largest absolute Gasteiger partial charge is 0.381 e. The average Bonchev–Trinajstić information content (AvgIpc) is 2.90. The summed E-state index contributed by atoms with van der Waals surface area (Å²) in [5.74, 6) is -0.329. The molecule has 0 aliphatic rings. The second-order valence-corrected chi connectivity index (χ2v) is 7.08. The van der Waals surface area contributed by atoms with E-state index in [-0.39, 0.29) is 16.4 Å². The highest BCUT2D eigenvalue weighted by Gasteiger charge is 2.23. The molecule has 3 rings (SSSR count). The Hall–Kier alpha value is -3.20. The lowest BCUT2D eigenvalue weighted by molar-refractivity contribution is 0.580. The summed E-state index contributed by atoms with van der Waals surface area (Å²) >= 11 is 0. The van der Waals surface area contributed by atoms with E-state index in [2.05, 4.69) is 15.3 Å². The second kappa shape index (κ2) is 6.36. The lowest BCUT2D eigenvalue weighted by Gasteiger charge is -2.06. The molecule has 1 heterocycles. The van der Waals surface area contributed by atoms with Gasteiger partial charge in [-0.05, 0) is 31.2 Å². The van der Waals surface area contributed by atoms with Crippen molar-refractivity contribution in [1.82, 2.24) is 9.19 Å². The lowest BCUT2D eigenvalue weighted by atomic mass is 10.2. The standard InChI is InChI=1S/C16H15N5O3S/c1-11-7-9-12(10-8-11)18-19-14-15(17)21(20-16(14)22)25(23,24)13-5-3-2-4-6-13/h2-10H,17H2,1H3,(H,20,22). The number of H-pyrrole nitrogens is 1. The number of nitrogen functional groups attached to an aromatic ring is 1. The van der Waals surface area contributed by atoms with Gasteiger partial charge in [-0.2, -0.15) is 17.6 Å². The van der Waals surface area contributed by atoms with Gasteiger partial charge in [0.25, 0.3) is 15.6 Å². The van der Waals surface area contributed by atoms with E-state index in [1.165, 1.54) is 12.1 Å². The molecule has 0 spiro atoms. The van der Waals surface area contributed by atoms with Gasteiger partial charge < -0.3 is 5.73 Å². The molecule has 2 aromatic carbocycles. The summed E-state index contributed by atoms with van der Waals surface area (Å²) in [5.41, 5.74) is 6.38. The number of anilines is 1. The maximum atomic E-state index is 12.6. The highest BCUT2D eigenvalue weighted by atomic mass is 32.2. The summed E-state index contributed by atoms with van der Waals surface area (Å²) in [4.78, 5) is 12.0. The Labute approximate surface area is 143 Å². The molecule has 0 saturated heterocycles. The van der Waals surface area contributed by atoms with Crippen molar-refractivity contribution in [3.63, 3.8) is 0 Å². The van der Waals surface area contributed by atoms with Crippen LogP contribution in [0.4, 0.5) is 17.2 Å². The molecule has 128 valence electrons. The Morgan fingerprint density at radius 2 is 1.64 bits per heavy atom. The van der Waals surface area contributed by atoms with Crippen LogP contribution in [0.5, 0.6) is 0 Å². The third kappa shape index (κ3) is 3.22. The first kappa shape index (κ1) is 16.7. The number of nitrogens with one attached hydrogen (secondary N) is 1. The van der Waals surface area contributed by atoms with E-state index in [9.17, 15) is 13.2 Å². The van der Waals surface area contributed by atoms with Crippen molar-refractivity contribution in [3.8, 4) is 0 Å². The first-order valence-electron chi connectivity index (χ1n) is 7.29. The number of nitrogens with zero attached hydrogens (tertiary/aromatic N) is 3. The molecule has 0 bridgehead atoms. The van der Waals surface area contributed by atoms with Crippen LogP contribution in [0.3, 0.4) is 0 Å². The predicted octanol–water partition coefficient (Wildman–Crippen LogP) is 2.72. The molecule has 3 N–H and O–H groups in total. The molecule has 0 aliphatic heterocycles. The number of aromatic nitrogens is 2. The predicted molar refractivity (Wildman–Crippen MR) is 93.8 cm³/mol. The number of azo groups is 1. The van der Waals surface area contributed by atoms with Gasteiger partial charge in [-0.25, -0.2) is 5.10 Å². The first-order chi connectivity index (χ1) is 11.9. The normalized spacial score (nSPS) is 11.9. The minimum absolute atomic E-state index is 0.00465. The van der Waals surface area contributed by atoms with Crippen LogP contribution in [-0.4, -0.2) is 17.6 Å². The van der Waals surface area contributed by atoms with Crippen LogP contribution in [0, 0.1) is 6.92 Å². The van der Waals surface area contributed by atoms with Gasteiger partial charge in [0, 0.05) is 0 Å². The quantitative estimate of drug-likeness (QED) is 0.697. The van der Waals surface area contributed by atoms with Gasteiger partial charge in [0.1, 0.15) is 0 Å². The van der Waals surface area contributed by atoms with Gasteiger partial charge in [0.05, 0.1) is 10.6 Å². The molecule has 0 unspecified atom stereocenters. The van der Waals surface area contributed by atoms with Crippen LogP contribution in [0.25, 0.3) is 0 Å². The Balaban J connectivity index is 2.02. The minimum atomic E-state index is -4.03. The molecule has 9 heteroatoms. The zero-order valence-electron chi connectivity index (χ0n) is 13.2. The van der Waals surface area contributed by atoms with Crippen LogP contribution in [0.1, 0.15) is 5.56 Å². The minimum Gasteiger partial charge on any atom is -0.381 e. The van der Waals surface area contributed by atoms with Crippen LogP contribution < -0.4 is 11.3 Å². The highest BCUT2D eigenvalue weighted by molar-refractivity contribution is 7.90. The summed E-state index contributed by atoms with van der Waals surface area (Å²) < 4.78 is 25.8. The van der Waals surface area contributed by atoms with Crippen molar-refractivity contribution in [3.05, 3.63) is 70.5 Å². The molecule has 1 aromatic heterocycles. The van der Waals surface area contributed by atoms with Crippen molar-refractivity contribution in [2.45, 2.75) is 11.8 Å². The molecule has 0 fully saturated rings. The monoisotopic (exact) mass is 357 g/mol. The molecular formula is C16H15N5O3S. The number of hydrogen-bond donors (Lipinski definition) is 2. The maximum Gasteiger partial charge on any atom is 0.295 e. The molecule has 0 saturated carbocycles. The van der Waals surface area contributed by atoms with Crippen LogP contribution >= 0.6 is 0 Å². The van der Waals surface area contributed by atoms with E-state index in [1.54, 1.807) is 30.3 Å². The first-order valence-corrected chi connectivity index (χ1v) is 8.73. The smallest absolute Gasteiger partial charge is 0.295 e. The fraction of sp³-hybridized carbons (Fsp3) is 0.0625. The van der Waals surface area contributed by atoms with Gasteiger partial charge in [-0.15, -0.1) is 5.11 Å². The Kier molecular flexibility index (Phi) is 4.24. The molecule has 25 heavy (non-hydrogen) atoms. The number of hydrogen-bond acceptors (Lipinski definition) is 6. The van der Waals surface area contributed by atoms with Gasteiger partial charge in [0.15, 0.2) is 11.5 Å².